The highest BCUT2D eigenvalue weighted by Gasteiger charge is 2.13. The number of aromatic nitrogens is 1. The third-order valence-corrected chi connectivity index (χ3v) is 2.37. The monoisotopic (exact) mass is 257 g/mol. The lowest BCUT2D eigenvalue weighted by molar-refractivity contribution is 0.0767. The zero-order valence-electron chi connectivity index (χ0n) is 9.90. The maximum atomic E-state index is 11.9. The average molecular weight is 258 g/mol. The maximum absolute atomic E-state index is 11.9. The van der Waals surface area contributed by atoms with Crippen LogP contribution in [0.15, 0.2) is 12.1 Å². The molecule has 0 unspecified atom stereocenters. The molecular weight excluding hydrogens is 242 g/mol. The van der Waals surface area contributed by atoms with Crippen molar-refractivity contribution in [2.45, 2.75) is 6.92 Å². The van der Waals surface area contributed by atoms with Crippen LogP contribution >= 0.6 is 11.6 Å². The van der Waals surface area contributed by atoms with Gasteiger partial charge in [0, 0.05) is 25.7 Å². The minimum absolute atomic E-state index is 0.0683. The molecule has 1 heterocycles. The van der Waals surface area contributed by atoms with E-state index in [0.717, 1.165) is 0 Å². The summed E-state index contributed by atoms with van der Waals surface area (Å²) in [6.45, 7) is 2.85. The molecular formula is C11H16ClN3O2. The smallest absolute Gasteiger partial charge is 0.253 e. The molecule has 0 aliphatic heterocycles. The second-order valence-corrected chi connectivity index (χ2v) is 3.93. The number of halogens is 1. The van der Waals surface area contributed by atoms with Crippen molar-refractivity contribution < 1.29 is 9.90 Å². The van der Waals surface area contributed by atoms with Crippen LogP contribution in [-0.4, -0.2) is 47.6 Å². The van der Waals surface area contributed by atoms with Crippen molar-refractivity contribution in [1.82, 2.24) is 9.88 Å². The van der Waals surface area contributed by atoms with Gasteiger partial charge in [-0.25, -0.2) is 4.98 Å². The third kappa shape index (κ3) is 3.87. The SMILES string of the molecule is CCNc1cc(C(=O)N(C)CCO)cc(Cl)n1. The molecule has 1 amide bonds. The number of likely N-dealkylation sites (N-methyl/N-ethyl adjacent to an activating group) is 1. The average Bonchev–Trinajstić information content (AvgIpc) is 2.28. The van der Waals surface area contributed by atoms with E-state index in [1.54, 1.807) is 13.1 Å². The molecule has 94 valence electrons. The van der Waals surface area contributed by atoms with Crippen molar-refractivity contribution in [3.05, 3.63) is 22.8 Å². The third-order valence-electron chi connectivity index (χ3n) is 2.18. The molecule has 2 N–H and O–H groups in total. The molecule has 0 bridgehead atoms. The molecule has 0 aliphatic rings. The fourth-order valence-electron chi connectivity index (χ4n) is 1.36. The highest BCUT2D eigenvalue weighted by molar-refractivity contribution is 6.29. The molecule has 0 aromatic carbocycles. The topological polar surface area (TPSA) is 65.5 Å². The van der Waals surface area contributed by atoms with E-state index in [-0.39, 0.29) is 24.2 Å². The Morgan fingerprint density at radius 3 is 2.88 bits per heavy atom. The zero-order valence-corrected chi connectivity index (χ0v) is 10.7. The highest BCUT2D eigenvalue weighted by atomic mass is 35.5. The zero-order chi connectivity index (χ0) is 12.8. The molecule has 0 fully saturated rings. The number of pyridine rings is 1. The number of aliphatic hydroxyl groups excluding tert-OH is 1. The molecule has 17 heavy (non-hydrogen) atoms. The Bertz CT molecular complexity index is 398. The fraction of sp³-hybridized carbons (Fsp3) is 0.455. The van der Waals surface area contributed by atoms with Gasteiger partial charge >= 0.3 is 0 Å². The Morgan fingerprint density at radius 1 is 1.59 bits per heavy atom. The van der Waals surface area contributed by atoms with Crippen LogP contribution in [0.3, 0.4) is 0 Å². The van der Waals surface area contributed by atoms with Gasteiger partial charge in [0.2, 0.25) is 0 Å². The van der Waals surface area contributed by atoms with Crippen LogP contribution in [0.2, 0.25) is 5.15 Å². The van der Waals surface area contributed by atoms with Crippen molar-refractivity contribution in [2.75, 3.05) is 32.1 Å². The predicted molar refractivity (Wildman–Crippen MR) is 67.5 cm³/mol. The van der Waals surface area contributed by atoms with Crippen molar-refractivity contribution in [3.63, 3.8) is 0 Å². The number of carbonyl (C=O) groups excluding carboxylic acids is 1. The standard InChI is InChI=1S/C11H16ClN3O2/c1-3-13-10-7-8(6-9(12)14-10)11(17)15(2)4-5-16/h6-7,16H,3-5H2,1-2H3,(H,13,14). The quantitative estimate of drug-likeness (QED) is 0.779. The lowest BCUT2D eigenvalue weighted by Crippen LogP contribution is -2.29. The van der Waals surface area contributed by atoms with Gasteiger partial charge in [0.25, 0.3) is 5.91 Å². The molecule has 0 radical (unpaired) electrons. The summed E-state index contributed by atoms with van der Waals surface area (Å²) in [5.41, 5.74) is 0.455. The summed E-state index contributed by atoms with van der Waals surface area (Å²) < 4.78 is 0. The second kappa shape index (κ2) is 6.42. The van der Waals surface area contributed by atoms with Crippen LogP contribution in [0.1, 0.15) is 17.3 Å². The highest BCUT2D eigenvalue weighted by Crippen LogP contribution is 2.15. The van der Waals surface area contributed by atoms with Gasteiger partial charge in [-0.05, 0) is 19.1 Å². The summed E-state index contributed by atoms with van der Waals surface area (Å²) in [5.74, 6) is 0.378. The van der Waals surface area contributed by atoms with E-state index >= 15 is 0 Å². The van der Waals surface area contributed by atoms with Gasteiger partial charge in [0.15, 0.2) is 0 Å². The molecule has 1 rings (SSSR count). The number of hydrogen-bond donors (Lipinski definition) is 2. The van der Waals surface area contributed by atoms with E-state index in [4.69, 9.17) is 16.7 Å². The first kappa shape index (κ1) is 13.7. The van der Waals surface area contributed by atoms with Gasteiger partial charge in [0.05, 0.1) is 6.61 Å². The van der Waals surface area contributed by atoms with Crippen molar-refractivity contribution >= 4 is 23.3 Å². The van der Waals surface area contributed by atoms with Gasteiger partial charge < -0.3 is 15.3 Å². The lowest BCUT2D eigenvalue weighted by atomic mass is 10.2. The molecule has 0 aliphatic carbocycles. The summed E-state index contributed by atoms with van der Waals surface area (Å²) in [4.78, 5) is 17.4. The summed E-state index contributed by atoms with van der Waals surface area (Å²) in [5, 5.41) is 12.0. The number of carbonyl (C=O) groups is 1. The number of aliphatic hydroxyl groups is 1. The lowest BCUT2D eigenvalue weighted by Gasteiger charge is -2.16. The number of anilines is 1. The van der Waals surface area contributed by atoms with Gasteiger partial charge in [-0.3, -0.25) is 4.79 Å². The Balaban J connectivity index is 2.92. The first-order valence-electron chi connectivity index (χ1n) is 5.36. The van der Waals surface area contributed by atoms with Crippen LogP contribution < -0.4 is 5.32 Å². The number of amides is 1. The van der Waals surface area contributed by atoms with E-state index < -0.39 is 0 Å². The maximum Gasteiger partial charge on any atom is 0.253 e. The van der Waals surface area contributed by atoms with Crippen LogP contribution in [0, 0.1) is 0 Å². The van der Waals surface area contributed by atoms with Crippen LogP contribution in [0.25, 0.3) is 0 Å². The fourth-order valence-corrected chi connectivity index (χ4v) is 1.57. The van der Waals surface area contributed by atoms with Gasteiger partial charge in [0.1, 0.15) is 11.0 Å². The van der Waals surface area contributed by atoms with Crippen LogP contribution in [-0.2, 0) is 0 Å². The summed E-state index contributed by atoms with van der Waals surface area (Å²) in [7, 11) is 1.62. The number of hydrogen-bond acceptors (Lipinski definition) is 4. The molecule has 0 atom stereocenters. The second-order valence-electron chi connectivity index (χ2n) is 3.54. The predicted octanol–water partition coefficient (Wildman–Crippen LogP) is 1.23. The summed E-state index contributed by atoms with van der Waals surface area (Å²) >= 11 is 5.84. The van der Waals surface area contributed by atoms with E-state index in [1.165, 1.54) is 11.0 Å². The van der Waals surface area contributed by atoms with Crippen molar-refractivity contribution in [3.8, 4) is 0 Å². The van der Waals surface area contributed by atoms with Crippen LogP contribution in [0.4, 0.5) is 5.82 Å². The molecule has 1 aromatic heterocycles. The number of nitrogens with zero attached hydrogens (tertiary/aromatic N) is 2. The minimum atomic E-state index is -0.192. The summed E-state index contributed by atoms with van der Waals surface area (Å²) in [6.07, 6.45) is 0. The Hall–Kier alpha value is -1.33. The first-order valence-corrected chi connectivity index (χ1v) is 5.74. The molecule has 5 nitrogen and oxygen atoms in total. The van der Waals surface area contributed by atoms with Crippen LogP contribution in [0.5, 0.6) is 0 Å². The van der Waals surface area contributed by atoms with E-state index in [0.29, 0.717) is 17.9 Å². The molecule has 0 spiro atoms. The molecule has 6 heteroatoms. The number of nitrogens with one attached hydrogen (secondary N) is 1. The van der Waals surface area contributed by atoms with E-state index in [1.807, 2.05) is 6.92 Å². The summed E-state index contributed by atoms with van der Waals surface area (Å²) in [6, 6.07) is 3.16. The number of rotatable bonds is 5. The molecule has 0 saturated heterocycles. The Morgan fingerprint density at radius 2 is 2.29 bits per heavy atom. The molecule has 1 aromatic rings. The van der Waals surface area contributed by atoms with Gasteiger partial charge in [-0.1, -0.05) is 11.6 Å². The first-order chi connectivity index (χ1) is 8.08. The van der Waals surface area contributed by atoms with Gasteiger partial charge in [-0.2, -0.15) is 0 Å². The minimum Gasteiger partial charge on any atom is -0.395 e. The van der Waals surface area contributed by atoms with E-state index in [2.05, 4.69) is 10.3 Å². The Kier molecular flexibility index (Phi) is 5.18. The Labute approximate surface area is 105 Å². The molecule has 0 saturated carbocycles. The van der Waals surface area contributed by atoms with Gasteiger partial charge in [-0.15, -0.1) is 0 Å². The van der Waals surface area contributed by atoms with Crippen molar-refractivity contribution in [2.24, 2.45) is 0 Å². The van der Waals surface area contributed by atoms with Crippen molar-refractivity contribution in [1.29, 1.82) is 0 Å². The largest absolute Gasteiger partial charge is 0.395 e. The normalized spacial score (nSPS) is 10.1. The van der Waals surface area contributed by atoms with E-state index in [9.17, 15) is 4.79 Å².